The molecule has 0 radical (unpaired) electrons. The number of rotatable bonds is 4. The third-order valence-corrected chi connectivity index (χ3v) is 3.29. The van der Waals surface area contributed by atoms with Gasteiger partial charge in [-0.1, -0.05) is 12.1 Å². The highest BCUT2D eigenvalue weighted by atomic mass is 79.9. The van der Waals surface area contributed by atoms with Gasteiger partial charge in [0.1, 0.15) is 11.3 Å². The van der Waals surface area contributed by atoms with E-state index in [2.05, 4.69) is 41.2 Å². The number of fused-ring (bicyclic) bond motifs is 1. The fourth-order valence-electron chi connectivity index (χ4n) is 1.75. The summed E-state index contributed by atoms with van der Waals surface area (Å²) in [4.78, 5) is 15.8. The average molecular weight is 334 g/mol. The minimum absolute atomic E-state index is 0.440. The molecule has 0 unspecified atom stereocenters. The summed E-state index contributed by atoms with van der Waals surface area (Å²) in [5, 5.41) is 3.06. The highest BCUT2D eigenvalue weighted by Gasteiger charge is 2.12. The summed E-state index contributed by atoms with van der Waals surface area (Å²) in [7, 11) is 0. The second kappa shape index (κ2) is 5.46. The second-order valence-corrected chi connectivity index (χ2v) is 4.87. The lowest BCUT2D eigenvalue weighted by Gasteiger charge is -2.09. The number of aromatic amines is 1. The second-order valence-electron chi connectivity index (χ2n) is 4.02. The Labute approximate surface area is 123 Å². The van der Waals surface area contributed by atoms with Gasteiger partial charge in [-0.15, -0.1) is 0 Å². The molecule has 102 valence electrons. The van der Waals surface area contributed by atoms with Crippen LogP contribution in [0, 0.1) is 0 Å². The summed E-state index contributed by atoms with van der Waals surface area (Å²) in [5.74, 6) is 1.62. The molecule has 2 heterocycles. The fourth-order valence-corrected chi connectivity index (χ4v) is 2.12. The van der Waals surface area contributed by atoms with Crippen molar-refractivity contribution in [3.63, 3.8) is 0 Å². The van der Waals surface area contributed by atoms with E-state index < -0.39 is 0 Å². The van der Waals surface area contributed by atoms with E-state index in [1.165, 1.54) is 0 Å². The molecule has 6 nitrogen and oxygen atoms in total. The van der Waals surface area contributed by atoms with Crippen molar-refractivity contribution in [1.29, 1.82) is 0 Å². The molecule has 0 saturated carbocycles. The van der Waals surface area contributed by atoms with Gasteiger partial charge in [-0.2, -0.15) is 9.97 Å². The Bertz CT molecular complexity index is 742. The van der Waals surface area contributed by atoms with E-state index in [9.17, 15) is 0 Å². The Kier molecular flexibility index (Phi) is 3.51. The minimum atomic E-state index is 0.440. The summed E-state index contributed by atoms with van der Waals surface area (Å²) in [6, 6.07) is 7.59. The Morgan fingerprint density at radius 2 is 2.15 bits per heavy atom. The number of anilines is 1. The topological polar surface area (TPSA) is 75.7 Å². The maximum Gasteiger partial charge on any atom is 0.250 e. The van der Waals surface area contributed by atoms with Crippen LogP contribution in [0.3, 0.4) is 0 Å². The Hall–Kier alpha value is -2.15. The van der Waals surface area contributed by atoms with E-state index in [0.717, 1.165) is 11.0 Å². The van der Waals surface area contributed by atoms with E-state index in [4.69, 9.17) is 4.74 Å². The Balaban J connectivity index is 2.05. The third-order valence-electron chi connectivity index (χ3n) is 2.63. The number of benzene rings is 1. The fraction of sp³-hybridized carbons (Fsp3) is 0.154. The van der Waals surface area contributed by atoms with Gasteiger partial charge in [0.15, 0.2) is 5.65 Å². The molecule has 0 saturated heterocycles. The molecule has 2 aromatic heterocycles. The first-order valence-electron chi connectivity index (χ1n) is 6.15. The lowest BCUT2D eigenvalue weighted by Crippen LogP contribution is -2.03. The van der Waals surface area contributed by atoms with E-state index >= 15 is 0 Å². The molecule has 0 aliphatic rings. The van der Waals surface area contributed by atoms with Gasteiger partial charge in [-0.25, -0.2) is 4.98 Å². The van der Waals surface area contributed by atoms with Gasteiger partial charge in [-0.3, -0.25) is 0 Å². The first-order chi connectivity index (χ1) is 9.78. The molecule has 0 fully saturated rings. The molecule has 0 atom stereocenters. The number of hydrogen-bond donors (Lipinski definition) is 2. The van der Waals surface area contributed by atoms with E-state index in [1.54, 1.807) is 6.33 Å². The summed E-state index contributed by atoms with van der Waals surface area (Å²) in [6.07, 6.45) is 1.57. The molecule has 20 heavy (non-hydrogen) atoms. The van der Waals surface area contributed by atoms with Gasteiger partial charge in [0.2, 0.25) is 5.95 Å². The standard InChI is InChI=1S/C13H12BrN5O/c1-2-15-13-18-11-10(16-7-17-11)12(19-13)20-9-6-4-3-5-8(9)14/h3-7H,2H2,1H3,(H2,15,16,17,18,19). The molecule has 0 amide bonds. The lowest BCUT2D eigenvalue weighted by molar-refractivity contribution is 0.465. The van der Waals surface area contributed by atoms with Crippen molar-refractivity contribution in [3.8, 4) is 11.6 Å². The Morgan fingerprint density at radius 3 is 2.95 bits per heavy atom. The van der Waals surface area contributed by atoms with Crippen LogP contribution in [0.25, 0.3) is 11.2 Å². The predicted octanol–water partition coefficient (Wildman–Crippen LogP) is 3.34. The molecule has 0 bridgehead atoms. The van der Waals surface area contributed by atoms with Crippen molar-refractivity contribution in [2.24, 2.45) is 0 Å². The van der Waals surface area contributed by atoms with E-state index in [1.807, 2.05) is 31.2 Å². The highest BCUT2D eigenvalue weighted by Crippen LogP contribution is 2.31. The van der Waals surface area contributed by atoms with Crippen LogP contribution in [0.1, 0.15) is 6.92 Å². The van der Waals surface area contributed by atoms with Crippen LogP contribution in [0.5, 0.6) is 11.6 Å². The predicted molar refractivity (Wildman–Crippen MR) is 80.1 cm³/mol. The van der Waals surface area contributed by atoms with Crippen molar-refractivity contribution in [3.05, 3.63) is 35.1 Å². The number of nitrogens with one attached hydrogen (secondary N) is 2. The number of hydrogen-bond acceptors (Lipinski definition) is 5. The third kappa shape index (κ3) is 2.44. The quantitative estimate of drug-likeness (QED) is 0.765. The van der Waals surface area contributed by atoms with Crippen molar-refractivity contribution in [1.82, 2.24) is 19.9 Å². The molecule has 0 aliphatic carbocycles. The summed E-state index contributed by atoms with van der Waals surface area (Å²) >= 11 is 3.45. The van der Waals surface area contributed by atoms with E-state index in [0.29, 0.717) is 28.7 Å². The molecule has 0 aliphatic heterocycles. The van der Waals surface area contributed by atoms with Crippen molar-refractivity contribution in [2.75, 3.05) is 11.9 Å². The zero-order valence-electron chi connectivity index (χ0n) is 10.7. The number of ether oxygens (including phenoxy) is 1. The maximum absolute atomic E-state index is 5.86. The SMILES string of the molecule is CCNc1nc(Oc2ccccc2Br)c2[nH]cnc2n1. The summed E-state index contributed by atoms with van der Waals surface area (Å²) in [5.41, 5.74) is 1.24. The number of imidazole rings is 1. The maximum atomic E-state index is 5.86. The molecule has 3 rings (SSSR count). The van der Waals surface area contributed by atoms with Gasteiger partial charge < -0.3 is 15.0 Å². The lowest BCUT2D eigenvalue weighted by atomic mass is 10.3. The van der Waals surface area contributed by atoms with Crippen LogP contribution in [0.15, 0.2) is 35.1 Å². The average Bonchev–Trinajstić information content (AvgIpc) is 2.90. The summed E-state index contributed by atoms with van der Waals surface area (Å²) in [6.45, 7) is 2.71. The number of nitrogens with zero attached hydrogens (tertiary/aromatic N) is 3. The zero-order valence-corrected chi connectivity index (χ0v) is 12.3. The minimum Gasteiger partial charge on any atom is -0.436 e. The van der Waals surface area contributed by atoms with Crippen LogP contribution in [-0.2, 0) is 0 Å². The van der Waals surface area contributed by atoms with Gasteiger partial charge in [0.25, 0.3) is 5.88 Å². The normalized spacial score (nSPS) is 10.7. The number of aromatic nitrogens is 4. The monoisotopic (exact) mass is 333 g/mol. The zero-order chi connectivity index (χ0) is 13.9. The van der Waals surface area contributed by atoms with Crippen LogP contribution < -0.4 is 10.1 Å². The first kappa shape index (κ1) is 12.9. The molecule has 2 N–H and O–H groups in total. The molecule has 0 spiro atoms. The van der Waals surface area contributed by atoms with Crippen molar-refractivity contribution >= 4 is 33.0 Å². The van der Waals surface area contributed by atoms with Gasteiger partial charge in [0, 0.05) is 6.54 Å². The number of H-pyrrole nitrogens is 1. The molecule has 1 aromatic carbocycles. The van der Waals surface area contributed by atoms with Crippen molar-refractivity contribution in [2.45, 2.75) is 6.92 Å². The van der Waals surface area contributed by atoms with Gasteiger partial charge in [-0.05, 0) is 35.0 Å². The molecule has 7 heteroatoms. The van der Waals surface area contributed by atoms with Gasteiger partial charge >= 0.3 is 0 Å². The van der Waals surface area contributed by atoms with Crippen molar-refractivity contribution < 1.29 is 4.74 Å². The van der Waals surface area contributed by atoms with Crippen LogP contribution in [0.4, 0.5) is 5.95 Å². The number of para-hydroxylation sites is 1. The number of halogens is 1. The smallest absolute Gasteiger partial charge is 0.250 e. The van der Waals surface area contributed by atoms with Crippen LogP contribution in [-0.4, -0.2) is 26.5 Å². The largest absolute Gasteiger partial charge is 0.436 e. The van der Waals surface area contributed by atoms with Crippen LogP contribution >= 0.6 is 15.9 Å². The summed E-state index contributed by atoms with van der Waals surface area (Å²) < 4.78 is 6.72. The van der Waals surface area contributed by atoms with E-state index in [-0.39, 0.29) is 0 Å². The molecular formula is C13H12BrN5O. The van der Waals surface area contributed by atoms with Gasteiger partial charge in [0.05, 0.1) is 10.8 Å². The van der Waals surface area contributed by atoms with Crippen LogP contribution in [0.2, 0.25) is 0 Å². The Morgan fingerprint density at radius 1 is 1.30 bits per heavy atom. The molecule has 3 aromatic rings. The first-order valence-corrected chi connectivity index (χ1v) is 6.94. The molecular weight excluding hydrogens is 322 g/mol. The highest BCUT2D eigenvalue weighted by molar-refractivity contribution is 9.10.